The van der Waals surface area contributed by atoms with Gasteiger partial charge in [0.25, 0.3) is 0 Å². The van der Waals surface area contributed by atoms with Gasteiger partial charge in [-0.2, -0.15) is 0 Å². The van der Waals surface area contributed by atoms with Gasteiger partial charge in [-0.3, -0.25) is 4.90 Å². The van der Waals surface area contributed by atoms with Gasteiger partial charge in [-0.15, -0.1) is 0 Å². The van der Waals surface area contributed by atoms with Crippen LogP contribution in [0.3, 0.4) is 0 Å². The Kier molecular flexibility index (Phi) is 7.87. The normalized spacial score (nSPS) is 27.9. The largest absolute Gasteiger partial charge is 0.383 e. The molecule has 114 valence electrons. The summed E-state index contributed by atoms with van der Waals surface area (Å²) in [5, 5.41) is 0. The van der Waals surface area contributed by atoms with Crippen LogP contribution in [-0.2, 0) is 14.2 Å². The van der Waals surface area contributed by atoms with E-state index in [-0.39, 0.29) is 5.54 Å². The van der Waals surface area contributed by atoms with Crippen LogP contribution >= 0.6 is 0 Å². The quantitative estimate of drug-likeness (QED) is 0.676. The highest BCUT2D eigenvalue weighted by Gasteiger charge is 2.40. The first-order valence-electron chi connectivity index (χ1n) is 7.27. The SMILES string of the molecule is CCC1CC(CN)(N(CCOC)CCOC)CCO1. The smallest absolute Gasteiger partial charge is 0.0590 e. The molecule has 2 atom stereocenters. The fourth-order valence-electron chi connectivity index (χ4n) is 2.85. The maximum Gasteiger partial charge on any atom is 0.0590 e. The van der Waals surface area contributed by atoms with Crippen molar-refractivity contribution in [2.24, 2.45) is 5.73 Å². The molecular formula is C14H30N2O3. The molecular weight excluding hydrogens is 244 g/mol. The van der Waals surface area contributed by atoms with E-state index in [9.17, 15) is 0 Å². The van der Waals surface area contributed by atoms with Crippen LogP contribution in [0.4, 0.5) is 0 Å². The minimum atomic E-state index is 0.0377. The van der Waals surface area contributed by atoms with Crippen molar-refractivity contribution >= 4 is 0 Å². The van der Waals surface area contributed by atoms with Crippen molar-refractivity contribution in [2.45, 2.75) is 37.8 Å². The summed E-state index contributed by atoms with van der Waals surface area (Å²) in [6, 6.07) is 0. The third-order valence-electron chi connectivity index (χ3n) is 4.17. The van der Waals surface area contributed by atoms with Crippen molar-refractivity contribution in [3.05, 3.63) is 0 Å². The first kappa shape index (κ1) is 16.9. The fraction of sp³-hybridized carbons (Fsp3) is 1.00. The predicted molar refractivity (Wildman–Crippen MR) is 76.4 cm³/mol. The van der Waals surface area contributed by atoms with E-state index in [1.54, 1.807) is 14.2 Å². The van der Waals surface area contributed by atoms with Crippen molar-refractivity contribution in [3.63, 3.8) is 0 Å². The third kappa shape index (κ3) is 4.68. The lowest BCUT2D eigenvalue weighted by atomic mass is 9.84. The van der Waals surface area contributed by atoms with Gasteiger partial charge in [0.1, 0.15) is 0 Å². The zero-order chi connectivity index (χ0) is 14.1. The van der Waals surface area contributed by atoms with Gasteiger partial charge < -0.3 is 19.9 Å². The molecule has 2 unspecified atom stereocenters. The lowest BCUT2D eigenvalue weighted by molar-refractivity contribution is -0.0801. The molecule has 0 amide bonds. The van der Waals surface area contributed by atoms with E-state index in [0.29, 0.717) is 12.6 Å². The summed E-state index contributed by atoms with van der Waals surface area (Å²) in [7, 11) is 3.48. The summed E-state index contributed by atoms with van der Waals surface area (Å²) >= 11 is 0. The first-order valence-corrected chi connectivity index (χ1v) is 7.27. The van der Waals surface area contributed by atoms with Crippen LogP contribution in [0.5, 0.6) is 0 Å². The van der Waals surface area contributed by atoms with Crippen molar-refractivity contribution in [1.29, 1.82) is 0 Å². The molecule has 0 bridgehead atoms. The number of hydrogen-bond donors (Lipinski definition) is 1. The minimum absolute atomic E-state index is 0.0377. The van der Waals surface area contributed by atoms with Crippen LogP contribution in [0.15, 0.2) is 0 Å². The second kappa shape index (κ2) is 8.87. The Morgan fingerprint density at radius 1 is 1.26 bits per heavy atom. The molecule has 1 aliphatic rings. The number of hydrogen-bond acceptors (Lipinski definition) is 5. The maximum absolute atomic E-state index is 6.12. The van der Waals surface area contributed by atoms with E-state index >= 15 is 0 Å². The van der Waals surface area contributed by atoms with Crippen LogP contribution in [0.25, 0.3) is 0 Å². The van der Waals surface area contributed by atoms with Gasteiger partial charge >= 0.3 is 0 Å². The summed E-state index contributed by atoms with van der Waals surface area (Å²) < 4.78 is 16.3. The number of ether oxygens (including phenoxy) is 3. The van der Waals surface area contributed by atoms with Crippen LogP contribution in [0, 0.1) is 0 Å². The Bertz CT molecular complexity index is 233. The molecule has 1 saturated heterocycles. The van der Waals surface area contributed by atoms with Gasteiger partial charge in [-0.1, -0.05) is 6.92 Å². The van der Waals surface area contributed by atoms with E-state index in [1.165, 1.54) is 0 Å². The Morgan fingerprint density at radius 3 is 2.37 bits per heavy atom. The van der Waals surface area contributed by atoms with E-state index in [0.717, 1.165) is 52.2 Å². The summed E-state index contributed by atoms with van der Waals surface area (Å²) in [5.74, 6) is 0. The molecule has 1 rings (SSSR count). The van der Waals surface area contributed by atoms with Gasteiger partial charge in [0.2, 0.25) is 0 Å². The molecule has 19 heavy (non-hydrogen) atoms. The summed E-state index contributed by atoms with van der Waals surface area (Å²) in [6.45, 7) is 6.88. The third-order valence-corrected chi connectivity index (χ3v) is 4.17. The lowest BCUT2D eigenvalue weighted by Gasteiger charge is -2.48. The number of methoxy groups -OCH3 is 2. The van der Waals surface area contributed by atoms with Gasteiger partial charge in [-0.25, -0.2) is 0 Å². The van der Waals surface area contributed by atoms with Crippen molar-refractivity contribution in [3.8, 4) is 0 Å². The average molecular weight is 274 g/mol. The van der Waals surface area contributed by atoms with Gasteiger partial charge in [0, 0.05) is 46.0 Å². The molecule has 0 radical (unpaired) electrons. The summed E-state index contributed by atoms with van der Waals surface area (Å²) in [4.78, 5) is 2.44. The van der Waals surface area contributed by atoms with Crippen LogP contribution < -0.4 is 5.73 Å². The van der Waals surface area contributed by atoms with Crippen molar-refractivity contribution < 1.29 is 14.2 Å². The standard InChI is InChI=1S/C14H30N2O3/c1-4-13-11-14(12-15,5-8-19-13)16(6-9-17-2)7-10-18-3/h13H,4-12,15H2,1-3H3. The molecule has 0 aromatic carbocycles. The first-order chi connectivity index (χ1) is 9.22. The molecule has 2 N–H and O–H groups in total. The molecule has 0 spiro atoms. The molecule has 5 nitrogen and oxygen atoms in total. The van der Waals surface area contributed by atoms with Crippen LogP contribution in [0.2, 0.25) is 0 Å². The van der Waals surface area contributed by atoms with Gasteiger partial charge in [-0.05, 0) is 19.3 Å². The Balaban J connectivity index is 2.73. The van der Waals surface area contributed by atoms with Crippen molar-refractivity contribution in [1.82, 2.24) is 4.90 Å². The molecule has 5 heteroatoms. The predicted octanol–water partition coefficient (Wildman–Crippen LogP) is 0.868. The molecule has 0 aromatic rings. The van der Waals surface area contributed by atoms with E-state index < -0.39 is 0 Å². The zero-order valence-electron chi connectivity index (χ0n) is 12.7. The second-order valence-electron chi connectivity index (χ2n) is 5.26. The number of nitrogens with zero attached hydrogens (tertiary/aromatic N) is 1. The minimum Gasteiger partial charge on any atom is -0.383 e. The molecule has 0 aromatic heterocycles. The average Bonchev–Trinajstić information content (AvgIpc) is 2.47. The molecule has 1 aliphatic heterocycles. The highest BCUT2D eigenvalue weighted by molar-refractivity contribution is 4.96. The Morgan fingerprint density at radius 2 is 1.89 bits per heavy atom. The van der Waals surface area contributed by atoms with E-state index in [4.69, 9.17) is 19.9 Å². The molecule has 1 heterocycles. The zero-order valence-corrected chi connectivity index (χ0v) is 12.7. The van der Waals surface area contributed by atoms with Gasteiger partial charge in [0.15, 0.2) is 0 Å². The highest BCUT2D eigenvalue weighted by atomic mass is 16.5. The lowest BCUT2D eigenvalue weighted by Crippen LogP contribution is -2.60. The monoisotopic (exact) mass is 274 g/mol. The van der Waals surface area contributed by atoms with E-state index in [2.05, 4.69) is 11.8 Å². The van der Waals surface area contributed by atoms with Crippen LogP contribution in [-0.4, -0.2) is 70.2 Å². The van der Waals surface area contributed by atoms with E-state index in [1.807, 2.05) is 0 Å². The highest BCUT2D eigenvalue weighted by Crippen LogP contribution is 2.31. The molecule has 0 saturated carbocycles. The Hall–Kier alpha value is -0.200. The second-order valence-corrected chi connectivity index (χ2v) is 5.26. The number of rotatable bonds is 9. The van der Waals surface area contributed by atoms with Crippen molar-refractivity contribution in [2.75, 3.05) is 53.7 Å². The number of nitrogens with two attached hydrogens (primary N) is 1. The van der Waals surface area contributed by atoms with Crippen LogP contribution in [0.1, 0.15) is 26.2 Å². The Labute approximate surface area is 117 Å². The summed E-state index contributed by atoms with van der Waals surface area (Å²) in [6.07, 6.45) is 3.37. The topological polar surface area (TPSA) is 57.0 Å². The molecule has 0 aliphatic carbocycles. The molecule has 1 fully saturated rings. The maximum atomic E-state index is 6.12. The van der Waals surface area contributed by atoms with Gasteiger partial charge in [0.05, 0.1) is 19.3 Å². The fourth-order valence-corrected chi connectivity index (χ4v) is 2.85. The summed E-state index contributed by atoms with van der Waals surface area (Å²) in [5.41, 5.74) is 6.16.